The highest BCUT2D eigenvalue weighted by Gasteiger charge is 2.25. The van der Waals surface area contributed by atoms with Crippen LogP contribution in [0.2, 0.25) is 0 Å². The van der Waals surface area contributed by atoms with Gasteiger partial charge in [0.2, 0.25) is 0 Å². The summed E-state index contributed by atoms with van der Waals surface area (Å²) in [6, 6.07) is 0.255. The van der Waals surface area contributed by atoms with Crippen LogP contribution < -0.4 is 10.6 Å². The molecule has 1 rings (SSSR count). The van der Waals surface area contributed by atoms with Gasteiger partial charge >= 0.3 is 6.03 Å². The van der Waals surface area contributed by atoms with Crippen molar-refractivity contribution in [3.63, 3.8) is 0 Å². The number of hydrogen-bond donors (Lipinski definition) is 3. The average molecular weight is 288 g/mol. The Labute approximate surface area is 121 Å². The van der Waals surface area contributed by atoms with Crippen molar-refractivity contribution in [3.8, 4) is 0 Å². The number of amides is 2. The summed E-state index contributed by atoms with van der Waals surface area (Å²) in [5.74, 6) is 2.44. The molecule has 0 aliphatic heterocycles. The van der Waals surface area contributed by atoms with Gasteiger partial charge in [-0.05, 0) is 37.7 Å². The van der Waals surface area contributed by atoms with Crippen molar-refractivity contribution in [1.82, 2.24) is 10.6 Å². The Bertz CT molecular complexity index is 264. The molecule has 0 radical (unpaired) electrons. The molecular weight excluding hydrogens is 260 g/mol. The summed E-state index contributed by atoms with van der Waals surface area (Å²) in [6.45, 7) is 4.36. The minimum Gasteiger partial charge on any atom is -0.396 e. The predicted octanol–water partition coefficient (Wildman–Crippen LogP) is 2.37. The van der Waals surface area contributed by atoms with Crippen molar-refractivity contribution >= 4 is 17.8 Å². The predicted molar refractivity (Wildman–Crippen MR) is 81.6 cm³/mol. The van der Waals surface area contributed by atoms with Crippen molar-refractivity contribution in [1.29, 1.82) is 0 Å². The number of rotatable bonds is 7. The van der Waals surface area contributed by atoms with Gasteiger partial charge in [-0.15, -0.1) is 0 Å². The van der Waals surface area contributed by atoms with Crippen molar-refractivity contribution in [2.45, 2.75) is 58.0 Å². The van der Waals surface area contributed by atoms with E-state index in [4.69, 9.17) is 0 Å². The van der Waals surface area contributed by atoms with Gasteiger partial charge in [0.1, 0.15) is 0 Å². The first-order valence-electron chi connectivity index (χ1n) is 7.43. The molecule has 0 spiro atoms. The van der Waals surface area contributed by atoms with Crippen LogP contribution in [-0.2, 0) is 0 Å². The van der Waals surface area contributed by atoms with Gasteiger partial charge in [0.05, 0.1) is 0 Å². The van der Waals surface area contributed by atoms with Crippen LogP contribution in [0.1, 0.15) is 46.0 Å². The lowest BCUT2D eigenvalue weighted by Gasteiger charge is -2.31. The Morgan fingerprint density at radius 3 is 2.84 bits per heavy atom. The smallest absolute Gasteiger partial charge is 0.315 e. The van der Waals surface area contributed by atoms with Gasteiger partial charge in [-0.3, -0.25) is 0 Å². The van der Waals surface area contributed by atoms with E-state index in [1.165, 1.54) is 0 Å². The number of carbonyl (C=O) groups is 1. The normalized spacial score (nSPS) is 24.8. The molecule has 1 saturated carbocycles. The van der Waals surface area contributed by atoms with Crippen LogP contribution in [0.15, 0.2) is 0 Å². The van der Waals surface area contributed by atoms with Gasteiger partial charge in [0, 0.05) is 24.6 Å². The number of urea groups is 1. The van der Waals surface area contributed by atoms with Gasteiger partial charge in [-0.2, -0.15) is 11.8 Å². The van der Waals surface area contributed by atoms with E-state index in [-0.39, 0.29) is 30.6 Å². The zero-order valence-corrected chi connectivity index (χ0v) is 13.0. The molecule has 3 N–H and O–H groups in total. The number of nitrogens with one attached hydrogen (secondary N) is 2. The minimum absolute atomic E-state index is 0.0839. The highest BCUT2D eigenvalue weighted by atomic mass is 32.2. The molecule has 0 bridgehead atoms. The molecule has 1 aliphatic carbocycles. The van der Waals surface area contributed by atoms with Crippen LogP contribution in [0.3, 0.4) is 0 Å². The molecule has 0 aromatic heterocycles. The molecule has 0 saturated heterocycles. The monoisotopic (exact) mass is 288 g/mol. The van der Waals surface area contributed by atoms with E-state index in [0.29, 0.717) is 0 Å². The molecule has 112 valence electrons. The number of aliphatic hydroxyl groups is 1. The molecule has 1 fully saturated rings. The summed E-state index contributed by atoms with van der Waals surface area (Å²) in [5.41, 5.74) is 0. The Morgan fingerprint density at radius 1 is 1.42 bits per heavy atom. The number of aliphatic hydroxyl groups excluding tert-OH is 1. The summed E-state index contributed by atoms with van der Waals surface area (Å²) >= 11 is 1.90. The first kappa shape index (κ1) is 16.6. The van der Waals surface area contributed by atoms with Crippen LogP contribution in [0, 0.1) is 5.92 Å². The van der Waals surface area contributed by atoms with Crippen LogP contribution in [0.5, 0.6) is 0 Å². The van der Waals surface area contributed by atoms with E-state index in [2.05, 4.69) is 17.6 Å². The molecule has 19 heavy (non-hydrogen) atoms. The molecule has 3 unspecified atom stereocenters. The van der Waals surface area contributed by atoms with Gasteiger partial charge in [0.15, 0.2) is 0 Å². The number of carbonyl (C=O) groups excluding carboxylic acids is 1. The van der Waals surface area contributed by atoms with Gasteiger partial charge in [-0.1, -0.05) is 19.8 Å². The average Bonchev–Trinajstić information content (AvgIpc) is 2.39. The second-order valence-corrected chi connectivity index (χ2v) is 6.73. The van der Waals surface area contributed by atoms with E-state index in [0.717, 1.165) is 43.6 Å². The lowest BCUT2D eigenvalue weighted by atomic mass is 9.85. The Kier molecular flexibility index (Phi) is 8.30. The molecule has 4 nitrogen and oxygen atoms in total. The standard InChI is InChI=1S/C14H28N2O2S/c1-3-19-9-8-11(2)15-14(18)16-13-7-5-4-6-12(13)10-17/h11-13,17H,3-10H2,1-2H3,(H2,15,16,18). The van der Waals surface area contributed by atoms with Gasteiger partial charge in [0.25, 0.3) is 0 Å². The van der Waals surface area contributed by atoms with Crippen LogP contribution in [-0.4, -0.2) is 41.3 Å². The second kappa shape index (κ2) is 9.48. The zero-order chi connectivity index (χ0) is 14.1. The number of thioether (sulfide) groups is 1. The van der Waals surface area contributed by atoms with Crippen molar-refractivity contribution in [2.24, 2.45) is 5.92 Å². The highest BCUT2D eigenvalue weighted by Crippen LogP contribution is 2.23. The van der Waals surface area contributed by atoms with Crippen molar-refractivity contribution < 1.29 is 9.90 Å². The first-order valence-corrected chi connectivity index (χ1v) is 8.58. The van der Waals surface area contributed by atoms with E-state index >= 15 is 0 Å². The van der Waals surface area contributed by atoms with Gasteiger partial charge in [-0.25, -0.2) is 4.79 Å². The SMILES string of the molecule is CCSCCC(C)NC(=O)NC1CCCCC1CO. The Hall–Kier alpha value is -0.420. The maximum Gasteiger partial charge on any atom is 0.315 e. The second-order valence-electron chi connectivity index (χ2n) is 5.34. The summed E-state index contributed by atoms with van der Waals surface area (Å²) in [6.07, 6.45) is 5.31. The molecule has 1 aliphatic rings. The van der Waals surface area contributed by atoms with Crippen LogP contribution in [0.4, 0.5) is 4.79 Å². The fourth-order valence-corrected chi connectivity index (χ4v) is 3.34. The number of hydrogen-bond acceptors (Lipinski definition) is 3. The maximum absolute atomic E-state index is 11.9. The quantitative estimate of drug-likeness (QED) is 0.630. The van der Waals surface area contributed by atoms with E-state index in [1.807, 2.05) is 18.7 Å². The van der Waals surface area contributed by atoms with Crippen molar-refractivity contribution in [3.05, 3.63) is 0 Å². The molecule has 3 atom stereocenters. The molecular formula is C14H28N2O2S. The Balaban J connectivity index is 2.25. The van der Waals surface area contributed by atoms with Crippen LogP contribution in [0.25, 0.3) is 0 Å². The highest BCUT2D eigenvalue weighted by molar-refractivity contribution is 7.99. The molecule has 0 aromatic carbocycles. The topological polar surface area (TPSA) is 61.4 Å². The zero-order valence-electron chi connectivity index (χ0n) is 12.2. The fourth-order valence-electron chi connectivity index (χ4n) is 2.53. The largest absolute Gasteiger partial charge is 0.396 e. The fraction of sp³-hybridized carbons (Fsp3) is 0.929. The van der Waals surface area contributed by atoms with E-state index in [1.54, 1.807) is 0 Å². The first-order chi connectivity index (χ1) is 9.17. The molecule has 0 heterocycles. The van der Waals surface area contributed by atoms with E-state index < -0.39 is 0 Å². The summed E-state index contributed by atoms with van der Waals surface area (Å²) < 4.78 is 0. The minimum atomic E-state index is -0.0839. The molecule has 2 amide bonds. The summed E-state index contributed by atoms with van der Waals surface area (Å²) in [7, 11) is 0. The lowest BCUT2D eigenvalue weighted by Crippen LogP contribution is -2.49. The third kappa shape index (κ3) is 6.52. The third-order valence-corrected chi connectivity index (χ3v) is 4.67. The third-order valence-electron chi connectivity index (χ3n) is 3.74. The maximum atomic E-state index is 11.9. The van der Waals surface area contributed by atoms with Crippen molar-refractivity contribution in [2.75, 3.05) is 18.1 Å². The lowest BCUT2D eigenvalue weighted by molar-refractivity contribution is 0.153. The van der Waals surface area contributed by atoms with Gasteiger partial charge < -0.3 is 15.7 Å². The van der Waals surface area contributed by atoms with Crippen LogP contribution >= 0.6 is 11.8 Å². The molecule has 0 aromatic rings. The summed E-state index contributed by atoms with van der Waals surface area (Å²) in [5, 5.41) is 15.3. The molecule has 5 heteroatoms. The summed E-state index contributed by atoms with van der Waals surface area (Å²) in [4.78, 5) is 11.9. The Morgan fingerprint density at radius 2 is 2.16 bits per heavy atom. The van der Waals surface area contributed by atoms with E-state index in [9.17, 15) is 9.90 Å².